The molecule has 1 fully saturated rings. The zero-order chi connectivity index (χ0) is 14.9. The number of halogens is 3. The molecule has 1 aliphatic heterocycles. The maximum Gasteiger partial charge on any atom is 0.434 e. The first-order valence-corrected chi connectivity index (χ1v) is 8.31. The zero-order valence-electron chi connectivity index (χ0n) is 11.1. The molecule has 3 nitrogen and oxygen atoms in total. The van der Waals surface area contributed by atoms with Crippen molar-refractivity contribution in [2.45, 2.75) is 12.7 Å². The van der Waals surface area contributed by atoms with Crippen molar-refractivity contribution >= 4 is 27.8 Å². The first kappa shape index (κ1) is 14.8. The molecule has 0 aliphatic carbocycles. The highest BCUT2D eigenvalue weighted by molar-refractivity contribution is 7.13. The van der Waals surface area contributed by atoms with Crippen LogP contribution in [0.15, 0.2) is 22.9 Å². The SMILES string of the molecule is FC(F)(F)c1csc(N2CCN(Cc3cccs3)CC2)n1. The van der Waals surface area contributed by atoms with Gasteiger partial charge >= 0.3 is 6.18 Å². The van der Waals surface area contributed by atoms with Crippen LogP contribution in [0.4, 0.5) is 18.3 Å². The Morgan fingerprint density at radius 1 is 1.14 bits per heavy atom. The van der Waals surface area contributed by atoms with Gasteiger partial charge in [0.2, 0.25) is 0 Å². The summed E-state index contributed by atoms with van der Waals surface area (Å²) in [5, 5.41) is 3.62. The van der Waals surface area contributed by atoms with Gasteiger partial charge in [-0.1, -0.05) is 6.07 Å². The molecule has 0 unspecified atom stereocenters. The number of anilines is 1. The molecule has 3 rings (SSSR count). The van der Waals surface area contributed by atoms with E-state index in [1.54, 1.807) is 11.3 Å². The molecule has 0 saturated carbocycles. The van der Waals surface area contributed by atoms with E-state index in [9.17, 15) is 13.2 Å². The fourth-order valence-corrected chi connectivity index (χ4v) is 3.89. The summed E-state index contributed by atoms with van der Waals surface area (Å²) in [7, 11) is 0. The van der Waals surface area contributed by atoms with Gasteiger partial charge in [-0.2, -0.15) is 13.2 Å². The summed E-state index contributed by atoms with van der Waals surface area (Å²) in [6.07, 6.45) is -4.35. The monoisotopic (exact) mass is 333 g/mol. The number of hydrogen-bond acceptors (Lipinski definition) is 5. The number of aromatic nitrogens is 1. The molecule has 1 aliphatic rings. The molecule has 0 aromatic carbocycles. The van der Waals surface area contributed by atoms with Gasteiger partial charge in [-0.05, 0) is 11.4 Å². The third kappa shape index (κ3) is 3.56. The van der Waals surface area contributed by atoms with Crippen LogP contribution in [0, 0.1) is 0 Å². The van der Waals surface area contributed by atoms with Crippen LogP contribution in [0.2, 0.25) is 0 Å². The molecule has 2 aromatic heterocycles. The Morgan fingerprint density at radius 2 is 1.90 bits per heavy atom. The average Bonchev–Trinajstić information content (AvgIpc) is 3.09. The zero-order valence-corrected chi connectivity index (χ0v) is 12.8. The molecule has 0 spiro atoms. The second kappa shape index (κ2) is 5.94. The lowest BCUT2D eigenvalue weighted by Gasteiger charge is -2.34. The third-order valence-corrected chi connectivity index (χ3v) is 5.15. The van der Waals surface area contributed by atoms with Gasteiger partial charge in [-0.25, -0.2) is 4.98 Å². The molecule has 2 aromatic rings. The first-order valence-electron chi connectivity index (χ1n) is 6.55. The highest BCUT2D eigenvalue weighted by atomic mass is 32.1. The number of thiazole rings is 1. The van der Waals surface area contributed by atoms with Crippen molar-refractivity contribution in [1.29, 1.82) is 0 Å². The molecule has 3 heterocycles. The second-order valence-corrected chi connectivity index (χ2v) is 6.72. The van der Waals surface area contributed by atoms with E-state index in [4.69, 9.17) is 0 Å². The standard InChI is InChI=1S/C13H14F3N3S2/c14-13(15,16)11-9-21-12(17-11)19-5-3-18(4-6-19)8-10-2-1-7-20-10/h1-2,7,9H,3-6,8H2. The largest absolute Gasteiger partial charge is 0.434 e. The number of thiophene rings is 1. The summed E-state index contributed by atoms with van der Waals surface area (Å²) in [4.78, 5) is 9.28. The van der Waals surface area contributed by atoms with E-state index in [0.717, 1.165) is 49.4 Å². The second-order valence-electron chi connectivity index (χ2n) is 4.86. The molecule has 114 valence electrons. The summed E-state index contributed by atoms with van der Waals surface area (Å²) in [5.74, 6) is 0. The molecule has 0 amide bonds. The van der Waals surface area contributed by atoms with Gasteiger partial charge in [0.25, 0.3) is 0 Å². The van der Waals surface area contributed by atoms with Crippen molar-refractivity contribution in [3.05, 3.63) is 33.5 Å². The van der Waals surface area contributed by atoms with Crippen molar-refractivity contribution in [2.24, 2.45) is 0 Å². The minimum absolute atomic E-state index is 0.470. The molecule has 0 N–H and O–H groups in total. The van der Waals surface area contributed by atoms with Gasteiger partial charge in [0.1, 0.15) is 0 Å². The molecule has 1 saturated heterocycles. The fourth-order valence-electron chi connectivity index (χ4n) is 2.26. The van der Waals surface area contributed by atoms with Crippen molar-refractivity contribution in [3.8, 4) is 0 Å². The van der Waals surface area contributed by atoms with Crippen LogP contribution in [-0.2, 0) is 12.7 Å². The predicted molar refractivity (Wildman–Crippen MR) is 78.9 cm³/mol. The van der Waals surface area contributed by atoms with Crippen molar-refractivity contribution in [2.75, 3.05) is 31.1 Å². The summed E-state index contributed by atoms with van der Waals surface area (Å²) >= 11 is 2.80. The Balaban J connectivity index is 1.57. The van der Waals surface area contributed by atoms with Crippen LogP contribution in [0.5, 0.6) is 0 Å². The Morgan fingerprint density at radius 3 is 2.48 bits per heavy atom. The van der Waals surface area contributed by atoms with E-state index in [2.05, 4.69) is 21.3 Å². The topological polar surface area (TPSA) is 19.4 Å². The molecule has 0 bridgehead atoms. The number of hydrogen-bond donors (Lipinski definition) is 0. The lowest BCUT2D eigenvalue weighted by molar-refractivity contribution is -0.140. The van der Waals surface area contributed by atoms with E-state index >= 15 is 0 Å². The summed E-state index contributed by atoms with van der Waals surface area (Å²) < 4.78 is 37.7. The molecule has 0 atom stereocenters. The Hall–Kier alpha value is -1.12. The van der Waals surface area contributed by atoms with Gasteiger partial charge in [0, 0.05) is 43.0 Å². The quantitative estimate of drug-likeness (QED) is 0.856. The van der Waals surface area contributed by atoms with Gasteiger partial charge in [-0.15, -0.1) is 22.7 Å². The number of rotatable bonds is 3. The fraction of sp³-hybridized carbons (Fsp3) is 0.462. The van der Waals surface area contributed by atoms with E-state index in [1.165, 1.54) is 4.88 Å². The van der Waals surface area contributed by atoms with Crippen molar-refractivity contribution in [3.63, 3.8) is 0 Å². The van der Waals surface area contributed by atoms with Crippen LogP contribution in [-0.4, -0.2) is 36.1 Å². The minimum Gasteiger partial charge on any atom is -0.346 e. The Labute approximate surface area is 128 Å². The number of nitrogens with zero attached hydrogens (tertiary/aromatic N) is 3. The molecule has 0 radical (unpaired) electrons. The summed E-state index contributed by atoms with van der Waals surface area (Å²) in [5.41, 5.74) is -0.788. The molecular weight excluding hydrogens is 319 g/mol. The maximum atomic E-state index is 12.6. The van der Waals surface area contributed by atoms with Gasteiger partial charge in [-0.3, -0.25) is 4.90 Å². The molecular formula is C13H14F3N3S2. The predicted octanol–water partition coefficient (Wildman–Crippen LogP) is 3.55. The minimum atomic E-state index is -4.35. The third-order valence-electron chi connectivity index (χ3n) is 3.38. The van der Waals surface area contributed by atoms with Gasteiger partial charge in [0.05, 0.1) is 0 Å². The lowest BCUT2D eigenvalue weighted by Crippen LogP contribution is -2.45. The van der Waals surface area contributed by atoms with Crippen molar-refractivity contribution < 1.29 is 13.2 Å². The van der Waals surface area contributed by atoms with Crippen LogP contribution < -0.4 is 4.90 Å². The van der Waals surface area contributed by atoms with Crippen molar-refractivity contribution in [1.82, 2.24) is 9.88 Å². The lowest BCUT2D eigenvalue weighted by atomic mass is 10.3. The molecule has 8 heteroatoms. The summed E-state index contributed by atoms with van der Waals surface area (Å²) in [6.45, 7) is 4.04. The Bertz CT molecular complexity index is 572. The Kier molecular flexibility index (Phi) is 4.19. The van der Waals surface area contributed by atoms with Crippen LogP contribution >= 0.6 is 22.7 Å². The van der Waals surface area contributed by atoms with Crippen LogP contribution in [0.1, 0.15) is 10.6 Å². The maximum absolute atomic E-state index is 12.6. The summed E-state index contributed by atoms with van der Waals surface area (Å²) in [6, 6.07) is 4.14. The van der Waals surface area contributed by atoms with E-state index in [0.29, 0.717) is 5.13 Å². The normalized spacial score (nSPS) is 17.4. The van der Waals surface area contributed by atoms with E-state index in [-0.39, 0.29) is 0 Å². The highest BCUT2D eigenvalue weighted by Gasteiger charge is 2.34. The van der Waals surface area contributed by atoms with Crippen LogP contribution in [0.3, 0.4) is 0 Å². The number of piperazine rings is 1. The van der Waals surface area contributed by atoms with Crippen LogP contribution in [0.25, 0.3) is 0 Å². The first-order chi connectivity index (χ1) is 10.0. The smallest absolute Gasteiger partial charge is 0.346 e. The molecule has 21 heavy (non-hydrogen) atoms. The van der Waals surface area contributed by atoms with E-state index < -0.39 is 11.9 Å². The van der Waals surface area contributed by atoms with Gasteiger partial charge in [0.15, 0.2) is 10.8 Å². The van der Waals surface area contributed by atoms with Gasteiger partial charge < -0.3 is 4.90 Å². The number of alkyl halides is 3. The van der Waals surface area contributed by atoms with E-state index in [1.807, 2.05) is 11.0 Å². The highest BCUT2D eigenvalue weighted by Crippen LogP contribution is 2.33. The average molecular weight is 333 g/mol.